The van der Waals surface area contributed by atoms with Crippen LogP contribution in [0, 0.1) is 0 Å². The SMILES string of the molecule is c1ccc(-c2cc(-c3cccc4ccccc34)nc(-c3cc(-c4nc(-c5ccccc5)cc(-c5cccc6ccccc56)n4)cc(-c4nc5c6cccnc6c6ncccc6c5n4-c4ccccc4)c3)n2)cc1. The maximum atomic E-state index is 5.65. The summed E-state index contributed by atoms with van der Waals surface area (Å²) in [7, 11) is 0. The number of aromatic nitrogens is 8. The van der Waals surface area contributed by atoms with Crippen LogP contribution in [0.4, 0.5) is 0 Å². The summed E-state index contributed by atoms with van der Waals surface area (Å²) in [6.45, 7) is 0. The molecular weight excluding hydrogens is 893 g/mol. The lowest BCUT2D eigenvalue weighted by Gasteiger charge is -2.15. The lowest BCUT2D eigenvalue weighted by Crippen LogP contribution is -2.01. The van der Waals surface area contributed by atoms with Gasteiger partial charge in [-0.05, 0) is 88.3 Å². The van der Waals surface area contributed by atoms with Gasteiger partial charge in [0, 0.05) is 67.8 Å². The first-order chi connectivity index (χ1) is 36.2. The third kappa shape index (κ3) is 7.36. The van der Waals surface area contributed by atoms with E-state index in [4.69, 9.17) is 34.9 Å². The van der Waals surface area contributed by atoms with Gasteiger partial charge in [0.25, 0.3) is 0 Å². The Morgan fingerprint density at radius 3 is 1.29 bits per heavy atom. The van der Waals surface area contributed by atoms with Crippen LogP contribution >= 0.6 is 0 Å². The predicted octanol–water partition coefficient (Wildman–Crippen LogP) is 15.7. The molecule has 0 bridgehead atoms. The highest BCUT2D eigenvalue weighted by Gasteiger charge is 2.24. The quantitative estimate of drug-likeness (QED) is 0.140. The first-order valence-corrected chi connectivity index (χ1v) is 24.3. The Morgan fingerprint density at radius 2 is 0.726 bits per heavy atom. The highest BCUT2D eigenvalue weighted by Crippen LogP contribution is 2.41. The number of nitrogens with zero attached hydrogens (tertiary/aromatic N) is 8. The molecule has 5 aromatic heterocycles. The normalized spacial score (nSPS) is 11.6. The van der Waals surface area contributed by atoms with Crippen molar-refractivity contribution in [2.24, 2.45) is 0 Å². The first-order valence-electron chi connectivity index (χ1n) is 24.3. The molecule has 0 saturated heterocycles. The molecule has 0 unspecified atom stereocenters. The van der Waals surface area contributed by atoms with Gasteiger partial charge in [-0.3, -0.25) is 14.5 Å². The molecule has 8 nitrogen and oxygen atoms in total. The highest BCUT2D eigenvalue weighted by atomic mass is 15.1. The van der Waals surface area contributed by atoms with Crippen LogP contribution in [0.5, 0.6) is 0 Å². The van der Waals surface area contributed by atoms with Crippen molar-refractivity contribution < 1.29 is 0 Å². The van der Waals surface area contributed by atoms with Gasteiger partial charge in [0.1, 0.15) is 5.82 Å². The number of para-hydroxylation sites is 1. The van der Waals surface area contributed by atoms with E-state index < -0.39 is 0 Å². The van der Waals surface area contributed by atoms with Crippen LogP contribution in [-0.4, -0.2) is 39.5 Å². The smallest absolute Gasteiger partial charge is 0.160 e. The Hall–Kier alpha value is -10.1. The van der Waals surface area contributed by atoms with Gasteiger partial charge < -0.3 is 0 Å². The topological polar surface area (TPSA) is 95.2 Å². The van der Waals surface area contributed by atoms with Gasteiger partial charge >= 0.3 is 0 Å². The van der Waals surface area contributed by atoms with E-state index in [1.165, 1.54) is 0 Å². The molecule has 0 aliphatic heterocycles. The molecule has 9 aromatic carbocycles. The Kier molecular flexibility index (Phi) is 9.99. The van der Waals surface area contributed by atoms with Gasteiger partial charge in [0.05, 0.1) is 44.8 Å². The monoisotopic (exact) mass is 932 g/mol. The molecule has 5 heterocycles. The third-order valence-electron chi connectivity index (χ3n) is 13.7. The number of pyridine rings is 2. The fourth-order valence-electron chi connectivity index (χ4n) is 10.3. The van der Waals surface area contributed by atoms with Crippen LogP contribution in [0.1, 0.15) is 0 Å². The van der Waals surface area contributed by atoms with E-state index in [-0.39, 0.29) is 0 Å². The number of rotatable bonds is 8. The summed E-state index contributed by atoms with van der Waals surface area (Å²) in [6, 6.07) is 79.5. The molecule has 0 aliphatic carbocycles. The Morgan fingerprint density at radius 1 is 0.288 bits per heavy atom. The lowest BCUT2D eigenvalue weighted by atomic mass is 9.99. The molecule has 73 heavy (non-hydrogen) atoms. The first kappa shape index (κ1) is 41.9. The van der Waals surface area contributed by atoms with Crippen molar-refractivity contribution in [2.75, 3.05) is 0 Å². The van der Waals surface area contributed by atoms with E-state index in [0.29, 0.717) is 17.5 Å². The molecule has 340 valence electrons. The third-order valence-corrected chi connectivity index (χ3v) is 13.7. The van der Waals surface area contributed by atoms with Crippen LogP contribution < -0.4 is 0 Å². The van der Waals surface area contributed by atoms with Crippen molar-refractivity contribution >= 4 is 54.4 Å². The number of hydrogen-bond acceptors (Lipinski definition) is 7. The van der Waals surface area contributed by atoms with Crippen LogP contribution in [0.15, 0.2) is 243 Å². The number of imidazole rings is 1. The second-order valence-corrected chi connectivity index (χ2v) is 18.1. The minimum atomic E-state index is 0.549. The van der Waals surface area contributed by atoms with Crippen molar-refractivity contribution in [1.29, 1.82) is 0 Å². The minimum Gasteiger partial charge on any atom is -0.292 e. The van der Waals surface area contributed by atoms with Gasteiger partial charge in [-0.1, -0.05) is 164 Å². The van der Waals surface area contributed by atoms with Crippen molar-refractivity contribution in [2.45, 2.75) is 0 Å². The molecule has 0 amide bonds. The van der Waals surface area contributed by atoms with E-state index in [1.54, 1.807) is 0 Å². The maximum Gasteiger partial charge on any atom is 0.160 e. The zero-order chi connectivity index (χ0) is 48.2. The molecule has 0 saturated carbocycles. The standard InChI is InChI=1S/C65H40N8/c1-4-20-43(21-5-1)55-39-57(51-30-14-24-41-18-10-12-28-49(41)51)70-63(68-55)45-36-46(64-69-56(44-22-6-2-7-23-44)40-58(71-64)52-31-15-25-42-19-11-13-29-50(42)52)38-47(37-45)65-72-61-53-32-16-34-66-59(53)60-54(33-17-35-67-60)62(61)73(65)48-26-8-3-9-27-48/h1-40H. The summed E-state index contributed by atoms with van der Waals surface area (Å²) in [4.78, 5) is 37.3. The molecule has 0 atom stereocenters. The fraction of sp³-hybridized carbons (Fsp3) is 0. The minimum absolute atomic E-state index is 0.549. The van der Waals surface area contributed by atoms with Crippen molar-refractivity contribution in [3.05, 3.63) is 243 Å². The number of hydrogen-bond donors (Lipinski definition) is 0. The number of benzene rings is 9. The van der Waals surface area contributed by atoms with Gasteiger partial charge in [0.15, 0.2) is 11.6 Å². The zero-order valence-electron chi connectivity index (χ0n) is 39.2. The maximum absolute atomic E-state index is 5.65. The molecule has 8 heteroatoms. The second kappa shape index (κ2) is 17.4. The molecule has 0 N–H and O–H groups in total. The lowest BCUT2D eigenvalue weighted by molar-refractivity contribution is 1.10. The number of fused-ring (bicyclic) bond motifs is 8. The summed E-state index contributed by atoms with van der Waals surface area (Å²) in [5.74, 6) is 1.81. The summed E-state index contributed by atoms with van der Waals surface area (Å²) < 4.78 is 2.25. The van der Waals surface area contributed by atoms with Crippen molar-refractivity contribution in [3.8, 4) is 84.9 Å². The van der Waals surface area contributed by atoms with Gasteiger partial charge in [-0.15, -0.1) is 0 Å². The van der Waals surface area contributed by atoms with Gasteiger partial charge in [-0.25, -0.2) is 24.9 Å². The summed E-state index contributed by atoms with van der Waals surface area (Å²) in [6.07, 6.45) is 3.65. The van der Waals surface area contributed by atoms with E-state index in [0.717, 1.165) is 122 Å². The molecule has 0 radical (unpaired) electrons. The highest BCUT2D eigenvalue weighted by molar-refractivity contribution is 6.21. The van der Waals surface area contributed by atoms with Crippen LogP contribution in [-0.2, 0) is 0 Å². The zero-order valence-corrected chi connectivity index (χ0v) is 39.2. The molecule has 0 spiro atoms. The summed E-state index contributed by atoms with van der Waals surface area (Å²) >= 11 is 0. The van der Waals surface area contributed by atoms with E-state index in [9.17, 15) is 0 Å². The summed E-state index contributed by atoms with van der Waals surface area (Å²) in [5.41, 5.74) is 13.9. The van der Waals surface area contributed by atoms with Crippen molar-refractivity contribution in [3.63, 3.8) is 0 Å². The Labute approximate surface area is 419 Å². The van der Waals surface area contributed by atoms with Crippen molar-refractivity contribution in [1.82, 2.24) is 39.5 Å². The van der Waals surface area contributed by atoms with Crippen LogP contribution in [0.3, 0.4) is 0 Å². The molecule has 0 aliphatic rings. The van der Waals surface area contributed by atoms with E-state index >= 15 is 0 Å². The van der Waals surface area contributed by atoms with Gasteiger partial charge in [-0.2, -0.15) is 0 Å². The summed E-state index contributed by atoms with van der Waals surface area (Å²) in [5, 5.41) is 6.33. The van der Waals surface area contributed by atoms with Crippen LogP contribution in [0.2, 0.25) is 0 Å². The van der Waals surface area contributed by atoms with Crippen LogP contribution in [0.25, 0.3) is 139 Å². The van der Waals surface area contributed by atoms with Gasteiger partial charge in [0.2, 0.25) is 0 Å². The Balaban J connectivity index is 1.09. The molecule has 14 aromatic rings. The molecular formula is C65H40N8. The molecule has 0 fully saturated rings. The fourth-order valence-corrected chi connectivity index (χ4v) is 10.3. The van der Waals surface area contributed by atoms with E-state index in [1.807, 2.05) is 67.0 Å². The largest absolute Gasteiger partial charge is 0.292 e. The Bertz CT molecular complexity index is 4240. The molecule has 14 rings (SSSR count). The van der Waals surface area contributed by atoms with E-state index in [2.05, 4.69) is 180 Å². The average molecular weight is 933 g/mol. The second-order valence-electron chi connectivity index (χ2n) is 18.1. The average Bonchev–Trinajstić information content (AvgIpc) is 3.89. The predicted molar refractivity (Wildman–Crippen MR) is 296 cm³/mol.